The SMILES string of the molecule is CCOC(=O)C(=CC(=O)OC)C(Cc1c(Br)c(O)c(O)c(Br)c1Br)C(=O)O. The predicted molar refractivity (Wildman–Crippen MR) is 104 cm³/mol. The lowest BCUT2D eigenvalue weighted by atomic mass is 9.91. The molecule has 1 aromatic carbocycles. The van der Waals surface area contributed by atoms with Crippen LogP contribution in [0.25, 0.3) is 0 Å². The second-order valence-electron chi connectivity index (χ2n) is 5.06. The predicted octanol–water partition coefficient (Wildman–Crippen LogP) is 3.29. The van der Waals surface area contributed by atoms with E-state index in [0.29, 0.717) is 0 Å². The average Bonchev–Trinajstić information content (AvgIpc) is 2.63. The van der Waals surface area contributed by atoms with Crippen molar-refractivity contribution < 1.29 is 39.2 Å². The molecule has 1 aromatic rings. The summed E-state index contributed by atoms with van der Waals surface area (Å²) in [7, 11) is 1.08. The minimum atomic E-state index is -1.49. The van der Waals surface area contributed by atoms with Crippen LogP contribution < -0.4 is 0 Å². The Morgan fingerprint density at radius 3 is 2.11 bits per heavy atom. The van der Waals surface area contributed by atoms with E-state index >= 15 is 0 Å². The highest BCUT2D eigenvalue weighted by molar-refractivity contribution is 9.13. The summed E-state index contributed by atoms with van der Waals surface area (Å²) in [6.45, 7) is 1.51. The minimum Gasteiger partial charge on any atom is -0.503 e. The Labute approximate surface area is 179 Å². The number of esters is 2. The summed E-state index contributed by atoms with van der Waals surface area (Å²) in [6, 6.07) is 0. The molecular weight excluding hydrogens is 560 g/mol. The van der Waals surface area contributed by atoms with Gasteiger partial charge in [0.05, 0.1) is 34.2 Å². The van der Waals surface area contributed by atoms with Crippen molar-refractivity contribution in [1.29, 1.82) is 0 Å². The molecule has 0 aromatic heterocycles. The summed E-state index contributed by atoms with van der Waals surface area (Å²) in [5, 5.41) is 29.4. The van der Waals surface area contributed by atoms with Crippen molar-refractivity contribution in [3.8, 4) is 11.5 Å². The monoisotopic (exact) mass is 572 g/mol. The molecule has 0 bridgehead atoms. The van der Waals surface area contributed by atoms with E-state index in [-0.39, 0.29) is 32.0 Å². The molecule has 0 radical (unpaired) electrons. The third-order valence-electron chi connectivity index (χ3n) is 3.43. The van der Waals surface area contributed by atoms with E-state index in [1.54, 1.807) is 0 Å². The van der Waals surface area contributed by atoms with Gasteiger partial charge in [-0.1, -0.05) is 0 Å². The Bertz CT molecular complexity index is 774. The van der Waals surface area contributed by atoms with Gasteiger partial charge < -0.3 is 24.8 Å². The van der Waals surface area contributed by atoms with Gasteiger partial charge in [0, 0.05) is 10.5 Å². The summed E-state index contributed by atoms with van der Waals surface area (Å²) in [5.74, 6) is -5.77. The van der Waals surface area contributed by atoms with Gasteiger partial charge >= 0.3 is 17.9 Å². The maximum atomic E-state index is 12.2. The van der Waals surface area contributed by atoms with Crippen molar-refractivity contribution in [3.05, 3.63) is 30.6 Å². The van der Waals surface area contributed by atoms with E-state index in [0.717, 1.165) is 13.2 Å². The molecule has 1 unspecified atom stereocenters. The summed E-state index contributed by atoms with van der Waals surface area (Å²) in [5.41, 5.74) is -0.177. The topological polar surface area (TPSA) is 130 Å². The zero-order chi connectivity index (χ0) is 20.9. The van der Waals surface area contributed by atoms with Crippen molar-refractivity contribution in [2.75, 3.05) is 13.7 Å². The molecule has 148 valence electrons. The number of phenols is 2. The van der Waals surface area contributed by atoms with Gasteiger partial charge in [-0.3, -0.25) is 4.79 Å². The number of methoxy groups -OCH3 is 1. The number of halogens is 3. The lowest BCUT2D eigenvalue weighted by molar-refractivity contribution is -0.146. The Morgan fingerprint density at radius 2 is 1.63 bits per heavy atom. The lowest BCUT2D eigenvalue weighted by Gasteiger charge is -2.19. The number of aliphatic carboxylic acids is 1. The molecule has 0 saturated heterocycles. The maximum Gasteiger partial charge on any atom is 0.335 e. The zero-order valence-electron chi connectivity index (χ0n) is 14.1. The van der Waals surface area contributed by atoms with Crippen LogP contribution in [0.5, 0.6) is 11.5 Å². The first kappa shape index (κ1) is 23.4. The Morgan fingerprint density at radius 1 is 1.07 bits per heavy atom. The quantitative estimate of drug-likeness (QED) is 0.196. The number of hydrogen-bond donors (Lipinski definition) is 3. The molecule has 1 rings (SSSR count). The fraction of sp³-hybridized carbons (Fsp3) is 0.312. The highest BCUT2D eigenvalue weighted by atomic mass is 79.9. The van der Waals surface area contributed by atoms with E-state index < -0.39 is 40.9 Å². The number of carbonyl (C=O) groups is 3. The van der Waals surface area contributed by atoms with Crippen LogP contribution in [0.4, 0.5) is 0 Å². The fourth-order valence-electron chi connectivity index (χ4n) is 2.10. The summed E-state index contributed by atoms with van der Waals surface area (Å²) < 4.78 is 9.71. The van der Waals surface area contributed by atoms with Crippen molar-refractivity contribution in [2.24, 2.45) is 5.92 Å². The van der Waals surface area contributed by atoms with Crippen LogP contribution in [-0.2, 0) is 30.3 Å². The van der Waals surface area contributed by atoms with Gasteiger partial charge in [-0.25, -0.2) is 9.59 Å². The van der Waals surface area contributed by atoms with Crippen LogP contribution >= 0.6 is 47.8 Å². The van der Waals surface area contributed by atoms with E-state index in [1.165, 1.54) is 6.92 Å². The number of aromatic hydroxyl groups is 2. The largest absolute Gasteiger partial charge is 0.503 e. The molecule has 0 aliphatic heterocycles. The molecular formula is C16H15Br3O8. The van der Waals surface area contributed by atoms with Gasteiger partial charge in [0.15, 0.2) is 11.5 Å². The zero-order valence-corrected chi connectivity index (χ0v) is 18.8. The van der Waals surface area contributed by atoms with Gasteiger partial charge in [0.25, 0.3) is 0 Å². The second kappa shape index (κ2) is 10.1. The third kappa shape index (κ3) is 5.45. The number of carbonyl (C=O) groups excluding carboxylic acids is 2. The summed E-state index contributed by atoms with van der Waals surface area (Å²) in [6.07, 6.45) is 0.443. The van der Waals surface area contributed by atoms with Gasteiger partial charge in [-0.15, -0.1) is 0 Å². The van der Waals surface area contributed by atoms with Crippen LogP contribution in [0.15, 0.2) is 25.1 Å². The van der Waals surface area contributed by atoms with E-state index in [9.17, 15) is 29.7 Å². The molecule has 0 saturated carbocycles. The van der Waals surface area contributed by atoms with Crippen LogP contribution in [0.1, 0.15) is 12.5 Å². The third-order valence-corrected chi connectivity index (χ3v) is 6.46. The number of ether oxygens (including phenoxy) is 2. The molecule has 0 amide bonds. The molecule has 0 aliphatic carbocycles. The first-order valence-corrected chi connectivity index (χ1v) is 9.71. The highest BCUT2D eigenvalue weighted by Gasteiger charge is 2.32. The van der Waals surface area contributed by atoms with Gasteiger partial charge in [-0.2, -0.15) is 0 Å². The molecule has 0 fully saturated rings. The van der Waals surface area contributed by atoms with Crippen molar-refractivity contribution in [3.63, 3.8) is 0 Å². The summed E-state index contributed by atoms with van der Waals surface area (Å²) >= 11 is 9.38. The number of carboxylic acid groups (broad SMARTS) is 1. The Hall–Kier alpha value is -1.59. The van der Waals surface area contributed by atoms with Crippen LogP contribution in [0.2, 0.25) is 0 Å². The number of phenolic OH excluding ortho intramolecular Hbond substituents is 2. The number of hydrogen-bond acceptors (Lipinski definition) is 7. The molecule has 1 atom stereocenters. The normalized spacial score (nSPS) is 12.4. The van der Waals surface area contributed by atoms with Gasteiger partial charge in [0.2, 0.25) is 0 Å². The highest BCUT2D eigenvalue weighted by Crippen LogP contribution is 2.47. The molecule has 0 heterocycles. The van der Waals surface area contributed by atoms with Gasteiger partial charge in [0.1, 0.15) is 0 Å². The van der Waals surface area contributed by atoms with Crippen LogP contribution in [-0.4, -0.2) is 46.9 Å². The molecule has 3 N–H and O–H groups in total. The van der Waals surface area contributed by atoms with E-state index in [4.69, 9.17) is 4.74 Å². The number of rotatable bonds is 7. The standard InChI is InChI=1S/C16H15Br3O8/c1-3-27-16(25)7(5-9(20)26-2)6(15(23)24)4-8-10(17)12(19)14(22)13(21)11(8)18/h5-6,21-22H,3-4H2,1-2H3,(H,23,24). The first-order chi connectivity index (χ1) is 12.6. The van der Waals surface area contributed by atoms with E-state index in [1.807, 2.05) is 0 Å². The van der Waals surface area contributed by atoms with Crippen molar-refractivity contribution in [1.82, 2.24) is 0 Å². The Kier molecular flexibility index (Phi) is 8.76. The molecule has 0 spiro atoms. The molecule has 0 aliphatic rings. The molecule has 8 nitrogen and oxygen atoms in total. The van der Waals surface area contributed by atoms with Crippen molar-refractivity contribution in [2.45, 2.75) is 13.3 Å². The second-order valence-corrected chi connectivity index (χ2v) is 7.43. The number of benzene rings is 1. The lowest BCUT2D eigenvalue weighted by Crippen LogP contribution is -2.26. The summed E-state index contributed by atoms with van der Waals surface area (Å²) in [4.78, 5) is 35.6. The van der Waals surface area contributed by atoms with Crippen LogP contribution in [0, 0.1) is 5.92 Å². The van der Waals surface area contributed by atoms with Crippen LogP contribution in [0.3, 0.4) is 0 Å². The molecule has 11 heteroatoms. The number of carboxylic acids is 1. The van der Waals surface area contributed by atoms with Crippen molar-refractivity contribution >= 4 is 65.7 Å². The smallest absolute Gasteiger partial charge is 0.335 e. The van der Waals surface area contributed by atoms with Gasteiger partial charge in [-0.05, 0) is 66.7 Å². The minimum absolute atomic E-state index is 0.0252. The molecule has 27 heavy (non-hydrogen) atoms. The first-order valence-electron chi connectivity index (χ1n) is 7.33. The maximum absolute atomic E-state index is 12.2. The fourth-order valence-corrected chi connectivity index (χ4v) is 3.89. The Balaban J connectivity index is 3.53. The van der Waals surface area contributed by atoms with E-state index in [2.05, 4.69) is 52.5 Å². The average molecular weight is 575 g/mol.